The monoisotopic (exact) mass is 244 g/mol. The first-order chi connectivity index (χ1) is 8.88. The van der Waals surface area contributed by atoms with E-state index in [0.717, 1.165) is 18.4 Å². The Bertz CT molecular complexity index is 641. The van der Waals surface area contributed by atoms with Crippen molar-refractivity contribution in [2.24, 2.45) is 0 Å². The number of hydrogen-bond donors (Lipinski definition) is 2. The molecule has 0 aliphatic rings. The molecule has 0 amide bonds. The lowest BCUT2D eigenvalue weighted by atomic mass is 10.4. The molecule has 0 fully saturated rings. The fraction of sp³-hybridized carbons (Fsp3) is 0.300. The summed E-state index contributed by atoms with van der Waals surface area (Å²) in [5.74, 6) is 1.21. The van der Waals surface area contributed by atoms with Crippen molar-refractivity contribution in [1.82, 2.24) is 34.9 Å². The molecule has 0 bridgehead atoms. The zero-order valence-corrected chi connectivity index (χ0v) is 9.83. The van der Waals surface area contributed by atoms with E-state index in [-0.39, 0.29) is 0 Å². The zero-order valence-electron chi connectivity index (χ0n) is 9.83. The molecule has 0 saturated heterocycles. The molecule has 3 heterocycles. The fourth-order valence-electron chi connectivity index (χ4n) is 1.63. The standard InChI is InChI=1S/C10H12N8/c1-2-3-12-10-15-8-7(4-13-17-8)9(16-10)18-6-11-5-14-18/h4-6H,2-3H2,1H3,(H2,12,13,15,16,17). The lowest BCUT2D eigenvalue weighted by Gasteiger charge is -2.06. The summed E-state index contributed by atoms with van der Waals surface area (Å²) in [6, 6.07) is 0. The summed E-state index contributed by atoms with van der Waals surface area (Å²) in [7, 11) is 0. The Morgan fingerprint density at radius 2 is 2.33 bits per heavy atom. The van der Waals surface area contributed by atoms with Gasteiger partial charge in [0.1, 0.15) is 12.7 Å². The maximum atomic E-state index is 4.43. The Labute approximate surface area is 102 Å². The molecule has 0 aliphatic carbocycles. The number of nitrogens with zero attached hydrogens (tertiary/aromatic N) is 6. The SMILES string of the molecule is CCCNc1nc(-n2cncn2)c2cn[nH]c2n1. The van der Waals surface area contributed by atoms with Crippen LogP contribution in [0.4, 0.5) is 5.95 Å². The van der Waals surface area contributed by atoms with Gasteiger partial charge in [-0.3, -0.25) is 5.10 Å². The lowest BCUT2D eigenvalue weighted by molar-refractivity contribution is 0.846. The van der Waals surface area contributed by atoms with Crippen molar-refractivity contribution in [2.75, 3.05) is 11.9 Å². The van der Waals surface area contributed by atoms with Gasteiger partial charge in [-0.2, -0.15) is 20.2 Å². The van der Waals surface area contributed by atoms with Crippen molar-refractivity contribution >= 4 is 17.0 Å². The summed E-state index contributed by atoms with van der Waals surface area (Å²) in [4.78, 5) is 12.7. The van der Waals surface area contributed by atoms with Crippen molar-refractivity contribution in [2.45, 2.75) is 13.3 Å². The first-order valence-corrected chi connectivity index (χ1v) is 5.68. The van der Waals surface area contributed by atoms with Crippen LogP contribution in [0.5, 0.6) is 0 Å². The minimum Gasteiger partial charge on any atom is -0.354 e. The molecule has 3 aromatic rings. The molecule has 0 unspecified atom stereocenters. The molecule has 2 N–H and O–H groups in total. The quantitative estimate of drug-likeness (QED) is 0.703. The van der Waals surface area contributed by atoms with Gasteiger partial charge in [0.2, 0.25) is 5.95 Å². The fourth-order valence-corrected chi connectivity index (χ4v) is 1.63. The van der Waals surface area contributed by atoms with Crippen molar-refractivity contribution in [3.05, 3.63) is 18.9 Å². The number of hydrogen-bond acceptors (Lipinski definition) is 6. The van der Waals surface area contributed by atoms with Crippen LogP contribution in [0.1, 0.15) is 13.3 Å². The van der Waals surface area contributed by atoms with Crippen molar-refractivity contribution in [3.63, 3.8) is 0 Å². The second-order valence-corrected chi connectivity index (χ2v) is 3.77. The molecule has 3 aromatic heterocycles. The van der Waals surface area contributed by atoms with Gasteiger partial charge in [-0.15, -0.1) is 0 Å². The summed E-state index contributed by atoms with van der Waals surface area (Å²) in [5.41, 5.74) is 0.675. The summed E-state index contributed by atoms with van der Waals surface area (Å²) in [5, 5.41) is 14.9. The molecule has 18 heavy (non-hydrogen) atoms. The first kappa shape index (κ1) is 10.6. The molecule has 0 aliphatic heterocycles. The summed E-state index contributed by atoms with van der Waals surface area (Å²) in [6.45, 7) is 2.90. The van der Waals surface area contributed by atoms with Crippen LogP contribution in [0.3, 0.4) is 0 Å². The number of aromatic nitrogens is 7. The highest BCUT2D eigenvalue weighted by atomic mass is 15.4. The second kappa shape index (κ2) is 4.40. The van der Waals surface area contributed by atoms with Crippen LogP contribution in [-0.4, -0.2) is 41.5 Å². The lowest BCUT2D eigenvalue weighted by Crippen LogP contribution is -2.08. The maximum Gasteiger partial charge on any atom is 0.226 e. The molecule has 3 rings (SSSR count). The van der Waals surface area contributed by atoms with Crippen LogP contribution in [0.15, 0.2) is 18.9 Å². The Morgan fingerprint density at radius 3 is 3.11 bits per heavy atom. The van der Waals surface area contributed by atoms with E-state index < -0.39 is 0 Å². The van der Waals surface area contributed by atoms with Gasteiger partial charge >= 0.3 is 0 Å². The highest BCUT2D eigenvalue weighted by Crippen LogP contribution is 2.17. The van der Waals surface area contributed by atoms with Gasteiger partial charge in [-0.25, -0.2) is 9.67 Å². The smallest absolute Gasteiger partial charge is 0.226 e. The van der Waals surface area contributed by atoms with Gasteiger partial charge in [-0.1, -0.05) is 6.92 Å². The molecule has 8 heteroatoms. The van der Waals surface area contributed by atoms with Crippen LogP contribution in [0, 0.1) is 0 Å². The van der Waals surface area contributed by atoms with Crippen LogP contribution in [0.2, 0.25) is 0 Å². The van der Waals surface area contributed by atoms with E-state index in [2.05, 4.69) is 42.5 Å². The molecular weight excluding hydrogens is 232 g/mol. The molecule has 92 valence electrons. The highest BCUT2D eigenvalue weighted by molar-refractivity contribution is 5.82. The number of aromatic amines is 1. The Morgan fingerprint density at radius 1 is 1.39 bits per heavy atom. The van der Waals surface area contributed by atoms with E-state index in [1.54, 1.807) is 17.2 Å². The third-order valence-corrected chi connectivity index (χ3v) is 2.46. The van der Waals surface area contributed by atoms with Gasteiger partial charge in [0.15, 0.2) is 11.5 Å². The van der Waals surface area contributed by atoms with E-state index in [0.29, 0.717) is 17.4 Å². The van der Waals surface area contributed by atoms with Gasteiger partial charge in [-0.05, 0) is 6.42 Å². The minimum absolute atomic E-state index is 0.555. The van der Waals surface area contributed by atoms with E-state index in [1.165, 1.54) is 6.33 Å². The number of anilines is 1. The van der Waals surface area contributed by atoms with Gasteiger partial charge < -0.3 is 5.32 Å². The number of H-pyrrole nitrogens is 1. The van der Waals surface area contributed by atoms with E-state index in [9.17, 15) is 0 Å². The number of rotatable bonds is 4. The molecule has 8 nitrogen and oxygen atoms in total. The van der Waals surface area contributed by atoms with Crippen molar-refractivity contribution in [1.29, 1.82) is 0 Å². The molecule has 0 aromatic carbocycles. The number of fused-ring (bicyclic) bond motifs is 1. The molecule has 0 radical (unpaired) electrons. The van der Waals surface area contributed by atoms with Gasteiger partial charge in [0, 0.05) is 6.54 Å². The highest BCUT2D eigenvalue weighted by Gasteiger charge is 2.11. The average molecular weight is 244 g/mol. The number of nitrogens with one attached hydrogen (secondary N) is 2. The van der Waals surface area contributed by atoms with Gasteiger partial charge in [0.05, 0.1) is 11.6 Å². The van der Waals surface area contributed by atoms with E-state index in [4.69, 9.17) is 0 Å². The largest absolute Gasteiger partial charge is 0.354 e. The van der Waals surface area contributed by atoms with Crippen molar-refractivity contribution < 1.29 is 0 Å². The zero-order chi connectivity index (χ0) is 12.4. The van der Waals surface area contributed by atoms with Gasteiger partial charge in [0.25, 0.3) is 0 Å². The predicted molar refractivity (Wildman–Crippen MR) is 65.4 cm³/mol. The van der Waals surface area contributed by atoms with E-state index >= 15 is 0 Å². The van der Waals surface area contributed by atoms with Crippen LogP contribution >= 0.6 is 0 Å². The Kier molecular flexibility index (Phi) is 2.60. The summed E-state index contributed by atoms with van der Waals surface area (Å²) in [6.07, 6.45) is 5.74. The first-order valence-electron chi connectivity index (χ1n) is 5.68. The molecule has 0 saturated carbocycles. The van der Waals surface area contributed by atoms with Crippen LogP contribution in [0.25, 0.3) is 16.9 Å². The Hall–Kier alpha value is -2.51. The third-order valence-electron chi connectivity index (χ3n) is 2.46. The molecule has 0 spiro atoms. The summed E-state index contributed by atoms with van der Waals surface area (Å²) >= 11 is 0. The predicted octanol–water partition coefficient (Wildman–Crippen LogP) is 0.755. The second-order valence-electron chi connectivity index (χ2n) is 3.77. The van der Waals surface area contributed by atoms with Crippen molar-refractivity contribution in [3.8, 4) is 5.82 Å². The average Bonchev–Trinajstić information content (AvgIpc) is 3.05. The molecule has 0 atom stereocenters. The maximum absolute atomic E-state index is 4.43. The normalized spacial score (nSPS) is 10.9. The third kappa shape index (κ3) is 1.77. The minimum atomic E-state index is 0.555. The van der Waals surface area contributed by atoms with Crippen LogP contribution < -0.4 is 5.32 Å². The van der Waals surface area contributed by atoms with E-state index in [1.807, 2.05) is 0 Å². The topological polar surface area (TPSA) is 97.2 Å². The van der Waals surface area contributed by atoms with Crippen LogP contribution in [-0.2, 0) is 0 Å². The summed E-state index contributed by atoms with van der Waals surface area (Å²) < 4.78 is 1.59. The Balaban J connectivity index is 2.12. The molecular formula is C10H12N8.